The number of benzene rings is 1. The number of aliphatic carboxylic acids is 1. The first kappa shape index (κ1) is 12.7. The summed E-state index contributed by atoms with van der Waals surface area (Å²) in [5.41, 5.74) is 0.749. The van der Waals surface area contributed by atoms with Crippen molar-refractivity contribution in [2.75, 3.05) is 6.26 Å². The summed E-state index contributed by atoms with van der Waals surface area (Å²) in [7, 11) is -3.40. The predicted molar refractivity (Wildman–Crippen MR) is 56.8 cm³/mol. The van der Waals surface area contributed by atoms with Crippen molar-refractivity contribution in [3.05, 3.63) is 29.3 Å². The summed E-state index contributed by atoms with van der Waals surface area (Å²) < 4.78 is 22.6. The van der Waals surface area contributed by atoms with Crippen LogP contribution in [0, 0.1) is 0 Å². The molecule has 0 amide bonds. The highest BCUT2D eigenvalue weighted by molar-refractivity contribution is 7.90. The normalized spacial score (nSPS) is 11.4. The number of hydrogen-bond acceptors (Lipinski definition) is 4. The quantitative estimate of drug-likeness (QED) is 0.790. The van der Waals surface area contributed by atoms with E-state index in [1.165, 1.54) is 18.2 Å². The Morgan fingerprint density at radius 2 is 1.81 bits per heavy atom. The molecule has 0 spiro atoms. The van der Waals surface area contributed by atoms with Crippen LogP contribution in [0.15, 0.2) is 23.1 Å². The molecule has 0 bridgehead atoms. The van der Waals surface area contributed by atoms with Gasteiger partial charge >= 0.3 is 5.97 Å². The van der Waals surface area contributed by atoms with Crippen LogP contribution in [0.3, 0.4) is 0 Å². The van der Waals surface area contributed by atoms with Crippen molar-refractivity contribution in [1.29, 1.82) is 0 Å². The molecule has 0 aliphatic carbocycles. The molecule has 0 saturated heterocycles. The molecule has 88 valence electrons. The third kappa shape index (κ3) is 3.32. The average molecular weight is 244 g/mol. The van der Waals surface area contributed by atoms with Crippen LogP contribution in [0.5, 0.6) is 0 Å². The maximum Gasteiger partial charge on any atom is 0.307 e. The minimum Gasteiger partial charge on any atom is -0.481 e. The summed E-state index contributed by atoms with van der Waals surface area (Å²) in [6.45, 7) is -0.323. The van der Waals surface area contributed by atoms with Crippen LogP contribution in [-0.4, -0.2) is 30.9 Å². The zero-order chi connectivity index (χ0) is 12.3. The van der Waals surface area contributed by atoms with Gasteiger partial charge in [0.15, 0.2) is 9.84 Å². The van der Waals surface area contributed by atoms with Gasteiger partial charge in [-0.2, -0.15) is 0 Å². The molecule has 0 aromatic heterocycles. The zero-order valence-electron chi connectivity index (χ0n) is 8.67. The summed E-state index contributed by atoms with van der Waals surface area (Å²) in [5.74, 6) is -1.05. The molecular weight excluding hydrogens is 232 g/mol. The monoisotopic (exact) mass is 244 g/mol. The van der Waals surface area contributed by atoms with Crippen LogP contribution in [0.2, 0.25) is 0 Å². The van der Waals surface area contributed by atoms with Crippen molar-refractivity contribution in [1.82, 2.24) is 0 Å². The van der Waals surface area contributed by atoms with Gasteiger partial charge in [-0.05, 0) is 23.3 Å². The van der Waals surface area contributed by atoms with Gasteiger partial charge in [0.25, 0.3) is 0 Å². The average Bonchev–Trinajstić information content (AvgIpc) is 2.14. The molecule has 0 aliphatic rings. The Bertz CT molecular complexity index is 504. The van der Waals surface area contributed by atoms with Crippen molar-refractivity contribution in [2.45, 2.75) is 17.9 Å². The minimum atomic E-state index is -3.40. The van der Waals surface area contributed by atoms with Crippen LogP contribution in [0.25, 0.3) is 0 Å². The third-order valence-corrected chi connectivity index (χ3v) is 3.08. The highest BCUT2D eigenvalue weighted by atomic mass is 32.2. The van der Waals surface area contributed by atoms with E-state index in [-0.39, 0.29) is 17.9 Å². The van der Waals surface area contributed by atoms with E-state index < -0.39 is 15.8 Å². The van der Waals surface area contributed by atoms with E-state index in [1.54, 1.807) is 0 Å². The van der Waals surface area contributed by atoms with E-state index >= 15 is 0 Å². The maximum absolute atomic E-state index is 11.3. The molecule has 0 fully saturated rings. The summed E-state index contributed by atoms with van der Waals surface area (Å²) in [4.78, 5) is 10.5. The van der Waals surface area contributed by atoms with E-state index in [1.807, 2.05) is 0 Å². The first-order valence-corrected chi connectivity index (χ1v) is 6.37. The summed E-state index contributed by atoms with van der Waals surface area (Å²) in [5, 5.41) is 17.6. The Kier molecular flexibility index (Phi) is 3.66. The molecular formula is C10H12O5S. The Hall–Kier alpha value is -1.40. The molecule has 1 rings (SSSR count). The lowest BCUT2D eigenvalue weighted by Crippen LogP contribution is -2.04. The Morgan fingerprint density at radius 3 is 2.25 bits per heavy atom. The van der Waals surface area contributed by atoms with Gasteiger partial charge in [-0.25, -0.2) is 8.42 Å². The minimum absolute atomic E-state index is 0.0234. The van der Waals surface area contributed by atoms with E-state index in [4.69, 9.17) is 10.2 Å². The maximum atomic E-state index is 11.3. The third-order valence-electron chi connectivity index (χ3n) is 1.99. The smallest absolute Gasteiger partial charge is 0.307 e. The standard InChI is InChI=1S/C10H12O5S/c1-16(14,15)9-3-7(5-10(12)13)2-8(4-9)6-11/h2-4,11H,5-6H2,1H3,(H,12,13). The summed E-state index contributed by atoms with van der Waals surface area (Å²) >= 11 is 0. The van der Waals surface area contributed by atoms with Crippen LogP contribution >= 0.6 is 0 Å². The highest BCUT2D eigenvalue weighted by Gasteiger charge is 2.11. The second-order valence-corrected chi connectivity index (χ2v) is 5.50. The van der Waals surface area contributed by atoms with Crippen molar-refractivity contribution < 1.29 is 23.4 Å². The number of aliphatic hydroxyl groups is 1. The van der Waals surface area contributed by atoms with Crippen LogP contribution in [-0.2, 0) is 27.7 Å². The fourth-order valence-electron chi connectivity index (χ4n) is 1.31. The van der Waals surface area contributed by atoms with Gasteiger partial charge in [-0.15, -0.1) is 0 Å². The van der Waals surface area contributed by atoms with Gasteiger partial charge in [0.05, 0.1) is 17.9 Å². The Balaban J connectivity index is 3.26. The molecule has 1 aromatic carbocycles. The molecule has 2 N–H and O–H groups in total. The molecule has 16 heavy (non-hydrogen) atoms. The van der Waals surface area contributed by atoms with Gasteiger partial charge < -0.3 is 10.2 Å². The number of carboxylic acid groups (broad SMARTS) is 1. The number of carboxylic acids is 1. The second-order valence-electron chi connectivity index (χ2n) is 3.49. The Morgan fingerprint density at radius 1 is 1.25 bits per heavy atom. The molecule has 1 aromatic rings. The number of sulfone groups is 1. The first-order chi connectivity index (χ1) is 7.32. The fraction of sp³-hybridized carbons (Fsp3) is 0.300. The topological polar surface area (TPSA) is 91.7 Å². The van der Waals surface area contributed by atoms with E-state index in [0.29, 0.717) is 11.1 Å². The molecule has 0 atom stereocenters. The number of rotatable bonds is 4. The largest absolute Gasteiger partial charge is 0.481 e. The fourth-order valence-corrected chi connectivity index (χ4v) is 2.04. The van der Waals surface area contributed by atoms with Gasteiger partial charge in [0.1, 0.15) is 0 Å². The van der Waals surface area contributed by atoms with Crippen molar-refractivity contribution >= 4 is 15.8 Å². The SMILES string of the molecule is CS(=O)(=O)c1cc(CO)cc(CC(=O)O)c1. The molecule has 0 heterocycles. The number of hydrogen-bond donors (Lipinski definition) is 2. The molecule has 0 unspecified atom stereocenters. The van der Waals surface area contributed by atoms with E-state index in [2.05, 4.69) is 0 Å². The molecule has 0 radical (unpaired) electrons. The van der Waals surface area contributed by atoms with Crippen molar-refractivity contribution in [2.24, 2.45) is 0 Å². The molecule has 0 saturated carbocycles. The molecule has 0 aliphatic heterocycles. The van der Waals surface area contributed by atoms with E-state index in [0.717, 1.165) is 6.26 Å². The summed E-state index contributed by atoms with van der Waals surface area (Å²) in [6, 6.07) is 4.12. The second kappa shape index (κ2) is 4.63. The van der Waals surface area contributed by atoms with Gasteiger partial charge in [0.2, 0.25) is 0 Å². The number of aliphatic hydroxyl groups excluding tert-OH is 1. The highest BCUT2D eigenvalue weighted by Crippen LogP contribution is 2.16. The zero-order valence-corrected chi connectivity index (χ0v) is 9.49. The van der Waals surface area contributed by atoms with Crippen molar-refractivity contribution in [3.8, 4) is 0 Å². The van der Waals surface area contributed by atoms with Gasteiger partial charge in [0, 0.05) is 6.26 Å². The lowest BCUT2D eigenvalue weighted by atomic mass is 10.1. The van der Waals surface area contributed by atoms with Crippen LogP contribution in [0.1, 0.15) is 11.1 Å². The molecule has 5 nitrogen and oxygen atoms in total. The van der Waals surface area contributed by atoms with Crippen LogP contribution < -0.4 is 0 Å². The van der Waals surface area contributed by atoms with E-state index in [9.17, 15) is 13.2 Å². The Labute approximate surface area is 93.3 Å². The number of carbonyl (C=O) groups is 1. The van der Waals surface area contributed by atoms with Gasteiger partial charge in [-0.3, -0.25) is 4.79 Å². The lowest BCUT2D eigenvalue weighted by Gasteiger charge is -2.05. The van der Waals surface area contributed by atoms with Crippen molar-refractivity contribution in [3.63, 3.8) is 0 Å². The predicted octanol–water partition coefficient (Wildman–Crippen LogP) is 0.209. The molecule has 6 heteroatoms. The van der Waals surface area contributed by atoms with Gasteiger partial charge in [-0.1, -0.05) is 6.07 Å². The lowest BCUT2D eigenvalue weighted by molar-refractivity contribution is -0.136. The van der Waals surface area contributed by atoms with Crippen LogP contribution in [0.4, 0.5) is 0 Å². The first-order valence-electron chi connectivity index (χ1n) is 4.48. The summed E-state index contributed by atoms with van der Waals surface area (Å²) in [6.07, 6.45) is 0.768.